The van der Waals surface area contributed by atoms with E-state index in [1.165, 1.54) is 19.1 Å². The Balaban J connectivity index is 2.35. The molecule has 0 spiro atoms. The summed E-state index contributed by atoms with van der Waals surface area (Å²) in [5, 5.41) is 10.2. The van der Waals surface area contributed by atoms with Gasteiger partial charge in [-0.3, -0.25) is 19.3 Å². The first-order valence-electron chi connectivity index (χ1n) is 6.02. The van der Waals surface area contributed by atoms with Crippen LogP contribution in [0.5, 0.6) is 0 Å². The van der Waals surface area contributed by atoms with Crippen LogP contribution in [0.1, 0.15) is 27.6 Å². The summed E-state index contributed by atoms with van der Waals surface area (Å²) in [7, 11) is 0. The first-order chi connectivity index (χ1) is 9.29. The topological polar surface area (TPSA) is 127 Å². The van der Waals surface area contributed by atoms with Crippen LogP contribution in [0.25, 0.3) is 0 Å². The molecular formula is C13H15N3O4. The summed E-state index contributed by atoms with van der Waals surface area (Å²) in [5.41, 5.74) is 8.98. The number of amides is 3. The molecular weight excluding hydrogens is 262 g/mol. The van der Waals surface area contributed by atoms with Crippen molar-refractivity contribution < 1.29 is 19.5 Å². The van der Waals surface area contributed by atoms with Crippen LogP contribution < -0.4 is 11.5 Å². The lowest BCUT2D eigenvalue weighted by atomic mass is 9.94. The number of imide groups is 1. The number of hydrogen-bond acceptors (Lipinski definition) is 5. The number of fused-ring (bicyclic) bond motifs is 1. The molecule has 7 heteroatoms. The first kappa shape index (κ1) is 14.2. The van der Waals surface area contributed by atoms with Gasteiger partial charge in [0.1, 0.15) is 0 Å². The Bertz CT molecular complexity index is 564. The molecule has 1 aliphatic heterocycles. The summed E-state index contributed by atoms with van der Waals surface area (Å²) in [6, 6.07) is 5.23. The normalized spacial score (nSPS) is 18.6. The fourth-order valence-corrected chi connectivity index (χ4v) is 2.07. The number of carbonyl (C=O) groups excluding carboxylic acids is 3. The first-order valence-corrected chi connectivity index (χ1v) is 6.02. The molecule has 2 rings (SSSR count). The quantitative estimate of drug-likeness (QED) is 0.599. The molecule has 1 aromatic rings. The number of hydrogen-bond donors (Lipinski definition) is 3. The minimum absolute atomic E-state index is 0.231. The summed E-state index contributed by atoms with van der Waals surface area (Å²) < 4.78 is 0. The number of carbonyl (C=O) groups is 3. The Morgan fingerprint density at radius 2 is 1.75 bits per heavy atom. The largest absolute Gasteiger partial charge is 0.377 e. The summed E-state index contributed by atoms with van der Waals surface area (Å²) in [6.45, 7) is 0.815. The van der Waals surface area contributed by atoms with E-state index in [4.69, 9.17) is 11.5 Å². The van der Waals surface area contributed by atoms with E-state index in [0.29, 0.717) is 0 Å². The monoisotopic (exact) mass is 277 g/mol. The predicted molar refractivity (Wildman–Crippen MR) is 69.6 cm³/mol. The van der Waals surface area contributed by atoms with E-state index in [0.717, 1.165) is 4.90 Å². The number of rotatable bonds is 4. The van der Waals surface area contributed by atoms with E-state index >= 15 is 0 Å². The third-order valence-corrected chi connectivity index (χ3v) is 3.46. The molecule has 0 aliphatic carbocycles. The van der Waals surface area contributed by atoms with E-state index in [2.05, 4.69) is 0 Å². The summed E-state index contributed by atoms with van der Waals surface area (Å²) in [6.07, 6.45) is 0. The van der Waals surface area contributed by atoms with Crippen LogP contribution in [0, 0.1) is 0 Å². The van der Waals surface area contributed by atoms with E-state index in [1.54, 1.807) is 12.1 Å². The van der Waals surface area contributed by atoms with Gasteiger partial charge in [0, 0.05) is 6.04 Å². The zero-order valence-electron chi connectivity index (χ0n) is 10.9. The molecule has 20 heavy (non-hydrogen) atoms. The average Bonchev–Trinajstić information content (AvgIpc) is 2.64. The van der Waals surface area contributed by atoms with Gasteiger partial charge >= 0.3 is 0 Å². The van der Waals surface area contributed by atoms with Crippen LogP contribution in [-0.4, -0.2) is 45.9 Å². The van der Waals surface area contributed by atoms with Crippen molar-refractivity contribution in [2.45, 2.75) is 18.6 Å². The van der Waals surface area contributed by atoms with E-state index < -0.39 is 35.9 Å². The van der Waals surface area contributed by atoms with Crippen molar-refractivity contribution in [1.82, 2.24) is 4.90 Å². The van der Waals surface area contributed by atoms with Crippen molar-refractivity contribution in [3.8, 4) is 0 Å². The number of β-amino-alcohol motifs (C(OH)–C–C–N with tert-alkyl or cyclic N) is 1. The minimum atomic E-state index is -2.16. The standard InChI is InChI=1S/C13H15N3O4/c1-7(14)13(20,12(15)19)6-16-10(17)8-4-2-3-5-9(8)11(16)18/h2-5,7,20H,6,14H2,1H3,(H2,15,19). The van der Waals surface area contributed by atoms with Crippen LogP contribution in [0.15, 0.2) is 24.3 Å². The van der Waals surface area contributed by atoms with Gasteiger partial charge in [0.05, 0.1) is 17.7 Å². The fourth-order valence-electron chi connectivity index (χ4n) is 2.07. The molecule has 0 saturated heterocycles. The van der Waals surface area contributed by atoms with Gasteiger partial charge in [-0.25, -0.2) is 0 Å². The van der Waals surface area contributed by atoms with Crippen molar-refractivity contribution in [2.24, 2.45) is 11.5 Å². The van der Waals surface area contributed by atoms with Crippen molar-refractivity contribution >= 4 is 17.7 Å². The molecule has 1 aromatic carbocycles. The molecule has 0 fully saturated rings. The smallest absolute Gasteiger partial charge is 0.261 e. The van der Waals surface area contributed by atoms with Crippen LogP contribution >= 0.6 is 0 Å². The average molecular weight is 277 g/mol. The van der Waals surface area contributed by atoms with Gasteiger partial charge in [-0.15, -0.1) is 0 Å². The Kier molecular flexibility index (Phi) is 3.33. The zero-order chi connectivity index (χ0) is 15.1. The second kappa shape index (κ2) is 4.69. The maximum atomic E-state index is 12.1. The van der Waals surface area contributed by atoms with E-state index in [-0.39, 0.29) is 11.1 Å². The molecule has 0 radical (unpaired) electrons. The molecule has 1 heterocycles. The summed E-state index contributed by atoms with van der Waals surface area (Å²) in [5.74, 6) is -2.24. The Morgan fingerprint density at radius 1 is 1.30 bits per heavy atom. The Labute approximate surface area is 115 Å². The molecule has 3 amide bonds. The lowest BCUT2D eigenvalue weighted by Gasteiger charge is -2.31. The molecule has 0 saturated carbocycles. The molecule has 7 nitrogen and oxygen atoms in total. The second-order valence-electron chi connectivity index (χ2n) is 4.82. The minimum Gasteiger partial charge on any atom is -0.377 e. The highest BCUT2D eigenvalue weighted by atomic mass is 16.3. The molecule has 5 N–H and O–H groups in total. The highest BCUT2D eigenvalue weighted by molar-refractivity contribution is 6.21. The van der Waals surface area contributed by atoms with Gasteiger partial charge in [-0.05, 0) is 19.1 Å². The second-order valence-corrected chi connectivity index (χ2v) is 4.82. The van der Waals surface area contributed by atoms with E-state index in [9.17, 15) is 19.5 Å². The number of nitrogens with two attached hydrogens (primary N) is 2. The third kappa shape index (κ3) is 1.97. The lowest BCUT2D eigenvalue weighted by molar-refractivity contribution is -0.138. The van der Waals surface area contributed by atoms with Gasteiger partial charge < -0.3 is 16.6 Å². The van der Waals surface area contributed by atoms with Gasteiger partial charge in [0.25, 0.3) is 17.7 Å². The Morgan fingerprint density at radius 3 is 2.10 bits per heavy atom. The third-order valence-electron chi connectivity index (χ3n) is 3.46. The molecule has 2 unspecified atom stereocenters. The number of primary amides is 1. The lowest BCUT2D eigenvalue weighted by Crippen LogP contribution is -2.62. The molecule has 2 atom stereocenters. The van der Waals surface area contributed by atoms with Crippen molar-refractivity contribution in [3.05, 3.63) is 35.4 Å². The van der Waals surface area contributed by atoms with Gasteiger partial charge in [0.15, 0.2) is 5.60 Å². The highest BCUT2D eigenvalue weighted by Gasteiger charge is 2.46. The number of benzene rings is 1. The zero-order valence-corrected chi connectivity index (χ0v) is 10.9. The Hall–Kier alpha value is -2.25. The maximum absolute atomic E-state index is 12.1. The fraction of sp³-hybridized carbons (Fsp3) is 0.308. The van der Waals surface area contributed by atoms with Crippen LogP contribution in [0.4, 0.5) is 0 Å². The maximum Gasteiger partial charge on any atom is 0.261 e. The molecule has 0 bridgehead atoms. The SMILES string of the molecule is CC(N)C(O)(CN1C(=O)c2ccccc2C1=O)C(N)=O. The number of nitrogens with zero attached hydrogens (tertiary/aromatic N) is 1. The summed E-state index contributed by atoms with van der Waals surface area (Å²) >= 11 is 0. The predicted octanol–water partition coefficient (Wildman–Crippen LogP) is -1.15. The summed E-state index contributed by atoms with van der Waals surface area (Å²) in [4.78, 5) is 36.4. The van der Waals surface area contributed by atoms with Crippen molar-refractivity contribution in [2.75, 3.05) is 6.54 Å². The molecule has 1 aliphatic rings. The van der Waals surface area contributed by atoms with Gasteiger partial charge in [-0.2, -0.15) is 0 Å². The van der Waals surface area contributed by atoms with Crippen LogP contribution in [-0.2, 0) is 4.79 Å². The highest BCUT2D eigenvalue weighted by Crippen LogP contribution is 2.24. The molecule has 106 valence electrons. The van der Waals surface area contributed by atoms with Gasteiger partial charge in [0.2, 0.25) is 0 Å². The molecule has 0 aromatic heterocycles. The van der Waals surface area contributed by atoms with Crippen LogP contribution in [0.2, 0.25) is 0 Å². The van der Waals surface area contributed by atoms with Crippen molar-refractivity contribution in [1.29, 1.82) is 0 Å². The van der Waals surface area contributed by atoms with E-state index in [1.807, 2.05) is 0 Å². The van der Waals surface area contributed by atoms with Crippen molar-refractivity contribution in [3.63, 3.8) is 0 Å². The van der Waals surface area contributed by atoms with Crippen LogP contribution in [0.3, 0.4) is 0 Å². The number of aliphatic hydroxyl groups is 1. The van der Waals surface area contributed by atoms with Gasteiger partial charge in [-0.1, -0.05) is 12.1 Å².